The van der Waals surface area contributed by atoms with Gasteiger partial charge in [-0.05, 0) is 50.1 Å². The average molecular weight is 448 g/mol. The number of aromatic nitrogens is 2. The molecule has 2 heterocycles. The van der Waals surface area contributed by atoms with E-state index in [2.05, 4.69) is 15.4 Å². The van der Waals surface area contributed by atoms with Crippen molar-refractivity contribution in [3.8, 4) is 5.69 Å². The zero-order valence-corrected chi connectivity index (χ0v) is 17.6. The van der Waals surface area contributed by atoms with Gasteiger partial charge in [0.25, 0.3) is 0 Å². The summed E-state index contributed by atoms with van der Waals surface area (Å²) in [5.74, 6) is 0.918. The van der Waals surface area contributed by atoms with Gasteiger partial charge in [0.15, 0.2) is 0 Å². The molecule has 1 aliphatic heterocycles. The lowest BCUT2D eigenvalue weighted by atomic mass is 10.2. The maximum absolute atomic E-state index is 13.0. The number of aryl methyl sites for hydroxylation is 1. The summed E-state index contributed by atoms with van der Waals surface area (Å²) in [5.41, 5.74) is 4.45. The fourth-order valence-electron chi connectivity index (χ4n) is 3.61. The number of halogens is 4. The van der Waals surface area contributed by atoms with Crippen LogP contribution in [0.25, 0.3) is 5.69 Å². The number of hydrogen-bond acceptors (Lipinski definition) is 4. The first kappa shape index (κ1) is 21.2. The second kappa shape index (κ2) is 8.63. The van der Waals surface area contributed by atoms with E-state index in [1.54, 1.807) is 6.21 Å². The molecular formula is C22H21ClF3N5. The monoisotopic (exact) mass is 447 g/mol. The van der Waals surface area contributed by atoms with Crippen LogP contribution in [0.4, 0.5) is 24.7 Å². The van der Waals surface area contributed by atoms with Gasteiger partial charge >= 0.3 is 6.18 Å². The van der Waals surface area contributed by atoms with E-state index in [4.69, 9.17) is 16.7 Å². The van der Waals surface area contributed by atoms with Crippen LogP contribution in [0.3, 0.4) is 0 Å². The smallest absolute Gasteiger partial charge is 0.356 e. The van der Waals surface area contributed by atoms with Gasteiger partial charge in [-0.25, -0.2) is 4.68 Å². The van der Waals surface area contributed by atoms with Crippen LogP contribution >= 0.6 is 11.6 Å². The van der Waals surface area contributed by atoms with Gasteiger partial charge in [-0.2, -0.15) is 23.4 Å². The summed E-state index contributed by atoms with van der Waals surface area (Å²) in [4.78, 5) is 2.26. The Labute approximate surface area is 183 Å². The number of rotatable bonds is 5. The minimum atomic E-state index is -4.46. The third-order valence-electron chi connectivity index (χ3n) is 5.16. The molecule has 1 N–H and O–H groups in total. The third kappa shape index (κ3) is 4.54. The maximum atomic E-state index is 13.0. The van der Waals surface area contributed by atoms with Gasteiger partial charge in [0.2, 0.25) is 0 Å². The minimum Gasteiger partial charge on any atom is -0.356 e. The SMILES string of the molecule is Cc1nn(-c2ccccc2)c(N2CCCC2)c1/C=N/Nc1cc(C(F)(F)F)ccc1Cl. The quantitative estimate of drug-likeness (QED) is 0.391. The Balaban J connectivity index is 1.67. The van der Waals surface area contributed by atoms with Crippen LogP contribution < -0.4 is 10.3 Å². The Kier molecular flexibility index (Phi) is 5.91. The summed E-state index contributed by atoms with van der Waals surface area (Å²) in [7, 11) is 0. The van der Waals surface area contributed by atoms with Crippen molar-refractivity contribution in [2.24, 2.45) is 5.10 Å². The van der Waals surface area contributed by atoms with Gasteiger partial charge in [-0.3, -0.25) is 5.43 Å². The van der Waals surface area contributed by atoms with Gasteiger partial charge < -0.3 is 4.90 Å². The van der Waals surface area contributed by atoms with E-state index < -0.39 is 11.7 Å². The number of benzene rings is 2. The van der Waals surface area contributed by atoms with Gasteiger partial charge in [0.05, 0.1) is 39.4 Å². The van der Waals surface area contributed by atoms with Gasteiger partial charge in [0, 0.05) is 13.1 Å². The topological polar surface area (TPSA) is 45.5 Å². The highest BCUT2D eigenvalue weighted by atomic mass is 35.5. The molecule has 2 aromatic carbocycles. The Morgan fingerprint density at radius 2 is 1.81 bits per heavy atom. The highest BCUT2D eigenvalue weighted by Gasteiger charge is 2.31. The molecular weight excluding hydrogens is 427 g/mol. The molecule has 1 saturated heterocycles. The Morgan fingerprint density at radius 1 is 1.10 bits per heavy atom. The molecule has 4 rings (SSSR count). The van der Waals surface area contributed by atoms with Crippen LogP contribution in [0.15, 0.2) is 53.6 Å². The summed E-state index contributed by atoms with van der Waals surface area (Å²) >= 11 is 6.05. The molecule has 0 radical (unpaired) electrons. The lowest BCUT2D eigenvalue weighted by molar-refractivity contribution is -0.137. The summed E-state index contributed by atoms with van der Waals surface area (Å²) in [5, 5.41) is 9.04. The molecule has 0 spiro atoms. The van der Waals surface area contributed by atoms with Crippen molar-refractivity contribution in [1.82, 2.24) is 9.78 Å². The molecule has 31 heavy (non-hydrogen) atoms. The van der Waals surface area contributed by atoms with E-state index in [0.29, 0.717) is 0 Å². The van der Waals surface area contributed by atoms with E-state index in [0.717, 1.165) is 60.8 Å². The lowest BCUT2D eigenvalue weighted by Gasteiger charge is -2.20. The van der Waals surface area contributed by atoms with E-state index in [-0.39, 0.29) is 10.7 Å². The standard InChI is InChI=1S/C22H21ClF3N5/c1-15-18(14-27-28-20-13-16(22(24,25)26)9-10-19(20)23)21(30-11-5-6-12-30)31(29-15)17-7-3-2-4-8-17/h2-4,7-10,13-14,28H,5-6,11-12H2,1H3/b27-14+. The highest BCUT2D eigenvalue weighted by molar-refractivity contribution is 6.33. The van der Waals surface area contributed by atoms with Crippen molar-refractivity contribution in [3.05, 3.63) is 70.4 Å². The normalized spacial score (nSPS) is 14.5. The molecule has 1 aliphatic rings. The van der Waals surface area contributed by atoms with Crippen LogP contribution in [0.2, 0.25) is 5.02 Å². The second-order valence-electron chi connectivity index (χ2n) is 7.33. The molecule has 1 fully saturated rings. The van der Waals surface area contributed by atoms with Gasteiger partial charge in [0.1, 0.15) is 5.82 Å². The lowest BCUT2D eigenvalue weighted by Crippen LogP contribution is -2.22. The van der Waals surface area contributed by atoms with Crippen molar-refractivity contribution in [2.75, 3.05) is 23.4 Å². The minimum absolute atomic E-state index is 0.0866. The Morgan fingerprint density at radius 3 is 2.48 bits per heavy atom. The summed E-state index contributed by atoms with van der Waals surface area (Å²) in [6.07, 6.45) is -0.686. The molecule has 9 heteroatoms. The van der Waals surface area contributed by atoms with Crippen molar-refractivity contribution in [1.29, 1.82) is 0 Å². The van der Waals surface area contributed by atoms with Gasteiger partial charge in [-0.1, -0.05) is 29.8 Å². The number of hydrogen-bond donors (Lipinski definition) is 1. The zero-order chi connectivity index (χ0) is 22.0. The molecule has 0 atom stereocenters. The molecule has 5 nitrogen and oxygen atoms in total. The van der Waals surface area contributed by atoms with Crippen LogP contribution in [0.1, 0.15) is 29.7 Å². The highest BCUT2D eigenvalue weighted by Crippen LogP contribution is 2.34. The van der Waals surface area contributed by atoms with Crippen molar-refractivity contribution in [2.45, 2.75) is 25.9 Å². The predicted molar refractivity (Wildman–Crippen MR) is 117 cm³/mol. The predicted octanol–water partition coefficient (Wildman–Crippen LogP) is 5.90. The zero-order valence-electron chi connectivity index (χ0n) is 16.8. The fraction of sp³-hybridized carbons (Fsp3) is 0.273. The average Bonchev–Trinajstić information content (AvgIpc) is 3.37. The molecule has 0 amide bonds. The molecule has 162 valence electrons. The van der Waals surface area contributed by atoms with Crippen LogP contribution in [-0.2, 0) is 6.18 Å². The van der Waals surface area contributed by atoms with E-state index in [9.17, 15) is 13.2 Å². The Bertz CT molecular complexity index is 1090. The first-order valence-electron chi connectivity index (χ1n) is 9.90. The van der Waals surface area contributed by atoms with Crippen LogP contribution in [-0.4, -0.2) is 29.1 Å². The van der Waals surface area contributed by atoms with Crippen molar-refractivity contribution < 1.29 is 13.2 Å². The largest absolute Gasteiger partial charge is 0.416 e. The number of para-hydroxylation sites is 1. The van der Waals surface area contributed by atoms with Crippen LogP contribution in [0.5, 0.6) is 0 Å². The summed E-state index contributed by atoms with van der Waals surface area (Å²) in [6, 6.07) is 12.9. The first-order chi connectivity index (χ1) is 14.8. The van der Waals surface area contributed by atoms with Crippen LogP contribution in [0, 0.1) is 6.92 Å². The van der Waals surface area contributed by atoms with E-state index in [1.165, 1.54) is 6.07 Å². The first-order valence-corrected chi connectivity index (χ1v) is 10.3. The number of nitrogens with one attached hydrogen (secondary N) is 1. The second-order valence-corrected chi connectivity index (χ2v) is 7.73. The molecule has 0 saturated carbocycles. The van der Waals surface area contributed by atoms with E-state index in [1.807, 2.05) is 41.9 Å². The Hall–Kier alpha value is -3.00. The number of alkyl halides is 3. The van der Waals surface area contributed by atoms with Crippen molar-refractivity contribution >= 4 is 29.3 Å². The number of anilines is 2. The van der Waals surface area contributed by atoms with Crippen molar-refractivity contribution in [3.63, 3.8) is 0 Å². The number of hydrazone groups is 1. The molecule has 0 bridgehead atoms. The molecule has 0 unspecified atom stereocenters. The van der Waals surface area contributed by atoms with Gasteiger partial charge in [-0.15, -0.1) is 0 Å². The third-order valence-corrected chi connectivity index (χ3v) is 5.49. The summed E-state index contributed by atoms with van der Waals surface area (Å²) in [6.45, 7) is 3.70. The maximum Gasteiger partial charge on any atom is 0.416 e. The molecule has 3 aromatic rings. The molecule has 1 aromatic heterocycles. The van der Waals surface area contributed by atoms with E-state index >= 15 is 0 Å². The molecule has 0 aliphatic carbocycles. The summed E-state index contributed by atoms with van der Waals surface area (Å²) < 4.78 is 40.9. The number of nitrogens with zero attached hydrogens (tertiary/aromatic N) is 4. The fourth-order valence-corrected chi connectivity index (χ4v) is 3.77.